The molecule has 1 atom stereocenters. The lowest BCUT2D eigenvalue weighted by molar-refractivity contribution is 0.355. The molecule has 2 rings (SSSR count). The molecule has 2 aliphatic rings. The summed E-state index contributed by atoms with van der Waals surface area (Å²) < 4.78 is 0. The molecule has 0 aromatic carbocycles. The van der Waals surface area contributed by atoms with Crippen LogP contribution in [0, 0.1) is 5.92 Å². The van der Waals surface area contributed by atoms with Gasteiger partial charge in [-0.25, -0.2) is 0 Å². The fourth-order valence-corrected chi connectivity index (χ4v) is 2.38. The van der Waals surface area contributed by atoms with Gasteiger partial charge in [0.05, 0.1) is 0 Å². The first-order valence-electron chi connectivity index (χ1n) is 5.71. The Hall–Kier alpha value is -0.0800. The quantitative estimate of drug-likeness (QED) is 0.693. The van der Waals surface area contributed by atoms with Gasteiger partial charge in [-0.05, 0) is 38.5 Å². The molecule has 0 spiro atoms. The fraction of sp³-hybridized carbons (Fsp3) is 1.00. The third kappa shape index (κ3) is 2.44. The maximum Gasteiger partial charge on any atom is 0.0280 e. The van der Waals surface area contributed by atoms with Gasteiger partial charge in [-0.3, -0.25) is 0 Å². The summed E-state index contributed by atoms with van der Waals surface area (Å²) in [5.74, 6) is 0.793. The van der Waals surface area contributed by atoms with Crippen LogP contribution in [0.3, 0.4) is 0 Å². The largest absolute Gasteiger partial charge is 0.324 e. The second-order valence-corrected chi connectivity index (χ2v) is 5.14. The van der Waals surface area contributed by atoms with Crippen molar-refractivity contribution in [3.05, 3.63) is 0 Å². The van der Waals surface area contributed by atoms with Crippen molar-refractivity contribution in [2.45, 2.75) is 57.0 Å². The Morgan fingerprint density at radius 2 is 1.85 bits per heavy atom. The Morgan fingerprint density at radius 3 is 2.38 bits per heavy atom. The predicted octanol–water partition coefficient (Wildman–Crippen LogP) is 1.65. The molecule has 0 saturated heterocycles. The van der Waals surface area contributed by atoms with Crippen molar-refractivity contribution in [3.8, 4) is 0 Å². The van der Waals surface area contributed by atoms with Gasteiger partial charge in [-0.1, -0.05) is 12.8 Å². The van der Waals surface area contributed by atoms with E-state index in [0.29, 0.717) is 0 Å². The third-order valence-electron chi connectivity index (χ3n) is 3.64. The van der Waals surface area contributed by atoms with Crippen LogP contribution in [-0.4, -0.2) is 18.1 Å². The topological polar surface area (TPSA) is 38.0 Å². The van der Waals surface area contributed by atoms with E-state index >= 15 is 0 Å². The monoisotopic (exact) mass is 182 g/mol. The number of nitrogens with one attached hydrogen (secondary N) is 1. The van der Waals surface area contributed by atoms with E-state index in [0.717, 1.165) is 18.5 Å². The summed E-state index contributed by atoms with van der Waals surface area (Å²) in [6, 6.07) is 0.765. The van der Waals surface area contributed by atoms with Crippen LogP contribution in [0.1, 0.15) is 45.4 Å². The van der Waals surface area contributed by atoms with Crippen molar-refractivity contribution in [3.63, 3.8) is 0 Å². The minimum absolute atomic E-state index is 0.0581. The van der Waals surface area contributed by atoms with Gasteiger partial charge in [0.1, 0.15) is 0 Å². The second-order valence-electron chi connectivity index (χ2n) is 5.14. The minimum Gasteiger partial charge on any atom is -0.324 e. The van der Waals surface area contributed by atoms with E-state index in [1.54, 1.807) is 0 Å². The van der Waals surface area contributed by atoms with Crippen molar-refractivity contribution >= 4 is 0 Å². The van der Waals surface area contributed by atoms with Crippen molar-refractivity contribution in [2.75, 3.05) is 6.54 Å². The van der Waals surface area contributed by atoms with Crippen molar-refractivity contribution < 1.29 is 0 Å². The first-order valence-corrected chi connectivity index (χ1v) is 5.71. The van der Waals surface area contributed by atoms with Crippen LogP contribution in [0.15, 0.2) is 0 Å². The number of hydrogen-bond donors (Lipinski definition) is 2. The summed E-state index contributed by atoms with van der Waals surface area (Å²) in [5.41, 5.74) is 6.30. The van der Waals surface area contributed by atoms with Crippen LogP contribution in [-0.2, 0) is 0 Å². The predicted molar refractivity (Wildman–Crippen MR) is 55.6 cm³/mol. The van der Waals surface area contributed by atoms with E-state index in [1.807, 2.05) is 0 Å². The zero-order valence-electron chi connectivity index (χ0n) is 8.68. The zero-order valence-corrected chi connectivity index (χ0v) is 8.68. The molecule has 2 heteroatoms. The first kappa shape index (κ1) is 9.47. The molecule has 0 aliphatic heterocycles. The van der Waals surface area contributed by atoms with E-state index in [-0.39, 0.29) is 5.54 Å². The Kier molecular flexibility index (Phi) is 2.61. The standard InChI is InChI=1S/C11H22N2/c1-11(12,9-6-7-9)8-13-10-4-2-3-5-10/h9-10,13H,2-8,12H2,1H3. The minimum atomic E-state index is 0.0581. The Morgan fingerprint density at radius 1 is 1.23 bits per heavy atom. The molecule has 76 valence electrons. The summed E-state index contributed by atoms with van der Waals surface area (Å²) >= 11 is 0. The maximum absolute atomic E-state index is 6.24. The average molecular weight is 182 g/mol. The van der Waals surface area contributed by atoms with E-state index in [9.17, 15) is 0 Å². The Labute approximate surface area is 81.3 Å². The molecule has 2 aliphatic carbocycles. The van der Waals surface area contributed by atoms with Gasteiger partial charge < -0.3 is 11.1 Å². The fourth-order valence-electron chi connectivity index (χ4n) is 2.38. The lowest BCUT2D eigenvalue weighted by atomic mass is 9.97. The van der Waals surface area contributed by atoms with Crippen LogP contribution in [0.25, 0.3) is 0 Å². The summed E-state index contributed by atoms with van der Waals surface area (Å²) in [4.78, 5) is 0. The van der Waals surface area contributed by atoms with Gasteiger partial charge in [0, 0.05) is 18.1 Å². The van der Waals surface area contributed by atoms with Gasteiger partial charge in [-0.2, -0.15) is 0 Å². The Balaban J connectivity index is 1.70. The summed E-state index contributed by atoms with van der Waals surface area (Å²) in [6.45, 7) is 3.22. The molecule has 13 heavy (non-hydrogen) atoms. The first-order chi connectivity index (χ1) is 6.18. The van der Waals surface area contributed by atoms with E-state index in [2.05, 4.69) is 12.2 Å². The highest BCUT2D eigenvalue weighted by molar-refractivity contribution is 4.97. The van der Waals surface area contributed by atoms with Crippen molar-refractivity contribution in [2.24, 2.45) is 11.7 Å². The van der Waals surface area contributed by atoms with Gasteiger partial charge in [0.25, 0.3) is 0 Å². The molecule has 2 nitrogen and oxygen atoms in total. The van der Waals surface area contributed by atoms with Crippen molar-refractivity contribution in [1.29, 1.82) is 0 Å². The summed E-state index contributed by atoms with van der Waals surface area (Å²) in [6.07, 6.45) is 8.23. The van der Waals surface area contributed by atoms with E-state index in [1.165, 1.54) is 38.5 Å². The second kappa shape index (κ2) is 3.58. The number of nitrogens with two attached hydrogens (primary N) is 1. The molecular weight excluding hydrogens is 160 g/mol. The molecule has 0 radical (unpaired) electrons. The van der Waals surface area contributed by atoms with Crippen LogP contribution in [0.2, 0.25) is 0 Å². The van der Waals surface area contributed by atoms with Gasteiger partial charge in [-0.15, -0.1) is 0 Å². The summed E-state index contributed by atoms with van der Waals surface area (Å²) in [5, 5.41) is 3.62. The highest BCUT2D eigenvalue weighted by Gasteiger charge is 2.38. The van der Waals surface area contributed by atoms with Crippen LogP contribution in [0.5, 0.6) is 0 Å². The third-order valence-corrected chi connectivity index (χ3v) is 3.64. The van der Waals surface area contributed by atoms with Gasteiger partial charge in [0.2, 0.25) is 0 Å². The smallest absolute Gasteiger partial charge is 0.0280 e. The zero-order chi connectivity index (χ0) is 9.31. The molecule has 0 heterocycles. The molecule has 0 aromatic heterocycles. The highest BCUT2D eigenvalue weighted by atomic mass is 15.0. The lowest BCUT2D eigenvalue weighted by Crippen LogP contribution is -2.50. The average Bonchev–Trinajstić information content (AvgIpc) is 2.82. The lowest BCUT2D eigenvalue weighted by Gasteiger charge is -2.26. The number of rotatable bonds is 4. The van der Waals surface area contributed by atoms with Crippen LogP contribution >= 0.6 is 0 Å². The van der Waals surface area contributed by atoms with Crippen molar-refractivity contribution in [1.82, 2.24) is 5.32 Å². The highest BCUT2D eigenvalue weighted by Crippen LogP contribution is 2.37. The molecule has 1 unspecified atom stereocenters. The van der Waals surface area contributed by atoms with Gasteiger partial charge in [0.15, 0.2) is 0 Å². The van der Waals surface area contributed by atoms with E-state index in [4.69, 9.17) is 5.73 Å². The van der Waals surface area contributed by atoms with Crippen LogP contribution in [0.4, 0.5) is 0 Å². The maximum atomic E-state index is 6.24. The van der Waals surface area contributed by atoms with E-state index < -0.39 is 0 Å². The summed E-state index contributed by atoms with van der Waals surface area (Å²) in [7, 11) is 0. The van der Waals surface area contributed by atoms with Crippen LogP contribution < -0.4 is 11.1 Å². The molecule has 0 aromatic rings. The molecule has 0 bridgehead atoms. The molecule has 3 N–H and O–H groups in total. The van der Waals surface area contributed by atoms with Gasteiger partial charge >= 0.3 is 0 Å². The Bertz CT molecular complexity index is 167. The SMILES string of the molecule is CC(N)(CNC1CCCC1)C1CC1. The molecule has 2 fully saturated rings. The molecule has 2 saturated carbocycles. The normalized spacial score (nSPS) is 29.1. The number of hydrogen-bond acceptors (Lipinski definition) is 2. The molecule has 0 amide bonds. The molecular formula is C11H22N2.